The number of rotatable bonds is 4. The number of aldehydes is 1. The molecule has 2 radical (unpaired) electrons. The fourth-order valence-corrected chi connectivity index (χ4v) is 2.50. The Bertz CT molecular complexity index is 216. The first kappa shape index (κ1) is 12.8. The molecule has 2 nitrogen and oxygen atoms in total. The van der Waals surface area contributed by atoms with E-state index in [-0.39, 0.29) is 11.2 Å². The van der Waals surface area contributed by atoms with Crippen molar-refractivity contribution in [3.63, 3.8) is 0 Å². The Hall–Kier alpha value is -0.305. The van der Waals surface area contributed by atoms with Crippen LogP contribution in [0.15, 0.2) is 0 Å². The van der Waals surface area contributed by atoms with Gasteiger partial charge in [0.2, 0.25) is 0 Å². The largest absolute Gasteiger partial charge is 0.309 e. The summed E-state index contributed by atoms with van der Waals surface area (Å²) in [5.41, 5.74) is 0. The van der Waals surface area contributed by atoms with E-state index >= 15 is 0 Å². The van der Waals surface area contributed by atoms with Gasteiger partial charge in [-0.3, -0.25) is 0 Å². The van der Waals surface area contributed by atoms with E-state index < -0.39 is 0 Å². The van der Waals surface area contributed by atoms with Crippen LogP contribution in [0.2, 0.25) is 5.31 Å². The van der Waals surface area contributed by atoms with Crippen molar-refractivity contribution in [3.05, 3.63) is 0 Å². The van der Waals surface area contributed by atoms with Crippen molar-refractivity contribution in [2.45, 2.75) is 37.9 Å². The zero-order chi connectivity index (χ0) is 11.5. The minimum atomic E-state index is -0.0590. The first-order valence-corrected chi connectivity index (χ1v) is 5.83. The predicted octanol–water partition coefficient (Wildman–Crippen LogP) is 1.90. The predicted molar refractivity (Wildman–Crippen MR) is 64.2 cm³/mol. The zero-order valence-corrected chi connectivity index (χ0v) is 10.2. The van der Waals surface area contributed by atoms with E-state index in [0.29, 0.717) is 5.92 Å². The lowest BCUT2D eigenvalue weighted by molar-refractivity contribution is -0.113. The van der Waals surface area contributed by atoms with Crippen molar-refractivity contribution in [1.29, 1.82) is 0 Å². The van der Waals surface area contributed by atoms with Gasteiger partial charge in [-0.15, -0.1) is 0 Å². The van der Waals surface area contributed by atoms with E-state index in [0.717, 1.165) is 38.5 Å². The zero-order valence-electron chi connectivity index (χ0n) is 10.2. The van der Waals surface area contributed by atoms with Crippen LogP contribution < -0.4 is 0 Å². The summed E-state index contributed by atoms with van der Waals surface area (Å²) in [6.07, 6.45) is 5.16. The topological polar surface area (TPSA) is 20.3 Å². The highest BCUT2D eigenvalue weighted by atomic mass is 16.1. The molecule has 1 rings (SSSR count). The second-order valence-electron chi connectivity index (χ2n) is 5.55. The third-order valence-corrected chi connectivity index (χ3v) is 3.50. The summed E-state index contributed by atoms with van der Waals surface area (Å²) in [5.74, 6) is 0.718. The molecule has 1 saturated carbocycles. The molecular formula is C12H22BNO. The summed E-state index contributed by atoms with van der Waals surface area (Å²) in [6.45, 7) is 3.15. The number of nitrogens with zero attached hydrogens (tertiary/aromatic N) is 1. The molecule has 0 bridgehead atoms. The van der Waals surface area contributed by atoms with Crippen LogP contribution in [0.25, 0.3) is 0 Å². The third-order valence-electron chi connectivity index (χ3n) is 3.50. The van der Waals surface area contributed by atoms with Crippen LogP contribution in [-0.4, -0.2) is 39.7 Å². The summed E-state index contributed by atoms with van der Waals surface area (Å²) in [5, 5.41) is -0.0590. The van der Waals surface area contributed by atoms with Crippen LogP contribution in [0, 0.1) is 11.8 Å². The highest BCUT2D eigenvalue weighted by Crippen LogP contribution is 2.45. The van der Waals surface area contributed by atoms with Gasteiger partial charge in [0, 0.05) is 5.92 Å². The SMILES string of the molecule is [B]C1(C)CCC(C=O)C(CCN(C)C)C1. The fraction of sp³-hybridized carbons (Fsp3) is 0.917. The van der Waals surface area contributed by atoms with Crippen LogP contribution in [-0.2, 0) is 4.79 Å². The van der Waals surface area contributed by atoms with Crippen LogP contribution in [0.1, 0.15) is 32.6 Å². The summed E-state index contributed by atoms with van der Waals surface area (Å²) < 4.78 is 0. The molecule has 3 unspecified atom stereocenters. The average Bonchev–Trinajstić information content (AvgIpc) is 2.13. The molecule has 0 heterocycles. The smallest absolute Gasteiger partial charge is 0.123 e. The monoisotopic (exact) mass is 207 g/mol. The molecule has 1 fully saturated rings. The highest BCUT2D eigenvalue weighted by molar-refractivity contribution is 6.14. The van der Waals surface area contributed by atoms with E-state index in [1.165, 1.54) is 0 Å². The minimum Gasteiger partial charge on any atom is -0.309 e. The minimum absolute atomic E-state index is 0.0590. The van der Waals surface area contributed by atoms with Gasteiger partial charge in [-0.25, -0.2) is 0 Å². The van der Waals surface area contributed by atoms with Gasteiger partial charge < -0.3 is 9.69 Å². The van der Waals surface area contributed by atoms with Crippen LogP contribution in [0.4, 0.5) is 0 Å². The average molecular weight is 207 g/mol. The van der Waals surface area contributed by atoms with Crippen molar-refractivity contribution >= 4 is 14.1 Å². The standard InChI is InChI=1S/C12H22BNO/c1-12(13)6-4-11(9-15)10(8-12)5-7-14(2)3/h9-11H,4-8H2,1-3H3. The number of carbonyl (C=O) groups is 1. The van der Waals surface area contributed by atoms with Gasteiger partial charge >= 0.3 is 0 Å². The molecule has 0 aromatic carbocycles. The van der Waals surface area contributed by atoms with Gasteiger partial charge in [0.15, 0.2) is 0 Å². The van der Waals surface area contributed by atoms with Gasteiger partial charge in [-0.05, 0) is 39.4 Å². The van der Waals surface area contributed by atoms with Crippen LogP contribution in [0.3, 0.4) is 0 Å². The summed E-state index contributed by atoms with van der Waals surface area (Å²) in [7, 11) is 10.3. The first-order chi connectivity index (χ1) is 6.94. The molecule has 3 atom stereocenters. The number of hydrogen-bond donors (Lipinski definition) is 0. The Kier molecular flexibility index (Phi) is 4.38. The Balaban J connectivity index is 2.51. The molecule has 15 heavy (non-hydrogen) atoms. The quantitative estimate of drug-likeness (QED) is 0.518. The molecular weight excluding hydrogens is 185 g/mol. The molecule has 1 aliphatic rings. The second-order valence-corrected chi connectivity index (χ2v) is 5.55. The number of hydrogen-bond acceptors (Lipinski definition) is 2. The van der Waals surface area contributed by atoms with E-state index in [1.807, 2.05) is 0 Å². The van der Waals surface area contributed by atoms with Gasteiger partial charge in [0.1, 0.15) is 6.29 Å². The molecule has 0 spiro atoms. The lowest BCUT2D eigenvalue weighted by Crippen LogP contribution is -2.31. The normalized spacial score (nSPS) is 36.8. The maximum Gasteiger partial charge on any atom is 0.123 e. The maximum absolute atomic E-state index is 11.0. The lowest BCUT2D eigenvalue weighted by Gasteiger charge is -2.39. The molecule has 3 heteroatoms. The molecule has 1 aliphatic carbocycles. The van der Waals surface area contributed by atoms with E-state index in [1.54, 1.807) is 0 Å². The van der Waals surface area contributed by atoms with Crippen LogP contribution >= 0.6 is 0 Å². The molecule has 0 amide bonds. The molecule has 0 N–H and O–H groups in total. The molecule has 0 aromatic heterocycles. The maximum atomic E-state index is 11.0. The van der Waals surface area contributed by atoms with Crippen molar-refractivity contribution in [3.8, 4) is 0 Å². The van der Waals surface area contributed by atoms with Crippen molar-refractivity contribution in [2.24, 2.45) is 11.8 Å². The van der Waals surface area contributed by atoms with Crippen molar-refractivity contribution in [1.82, 2.24) is 4.90 Å². The van der Waals surface area contributed by atoms with Gasteiger partial charge in [-0.1, -0.05) is 25.1 Å². The van der Waals surface area contributed by atoms with Crippen molar-refractivity contribution in [2.75, 3.05) is 20.6 Å². The second kappa shape index (κ2) is 5.15. The Labute approximate surface area is 94.8 Å². The van der Waals surface area contributed by atoms with E-state index in [2.05, 4.69) is 25.9 Å². The van der Waals surface area contributed by atoms with Gasteiger partial charge in [0.05, 0.1) is 7.85 Å². The lowest BCUT2D eigenvalue weighted by atomic mass is 9.56. The Morgan fingerprint density at radius 3 is 2.73 bits per heavy atom. The van der Waals surface area contributed by atoms with Crippen LogP contribution in [0.5, 0.6) is 0 Å². The summed E-state index contributed by atoms with van der Waals surface area (Å²) in [6, 6.07) is 0. The first-order valence-electron chi connectivity index (χ1n) is 5.83. The van der Waals surface area contributed by atoms with Gasteiger partial charge in [-0.2, -0.15) is 0 Å². The van der Waals surface area contributed by atoms with Crippen molar-refractivity contribution < 1.29 is 4.79 Å². The van der Waals surface area contributed by atoms with E-state index in [4.69, 9.17) is 7.85 Å². The Morgan fingerprint density at radius 2 is 2.20 bits per heavy atom. The fourth-order valence-electron chi connectivity index (χ4n) is 2.50. The molecule has 0 saturated heterocycles. The number of carbonyl (C=O) groups excluding carboxylic acids is 1. The summed E-state index contributed by atoms with van der Waals surface area (Å²) >= 11 is 0. The van der Waals surface area contributed by atoms with E-state index in [9.17, 15) is 4.79 Å². The molecule has 0 aliphatic heterocycles. The third kappa shape index (κ3) is 3.98. The summed E-state index contributed by atoms with van der Waals surface area (Å²) in [4.78, 5) is 13.1. The molecule has 0 aromatic rings. The Morgan fingerprint density at radius 1 is 1.53 bits per heavy atom. The molecule has 84 valence electrons. The highest BCUT2D eigenvalue weighted by Gasteiger charge is 2.33. The van der Waals surface area contributed by atoms with Gasteiger partial charge in [0.25, 0.3) is 0 Å².